The maximum Gasteiger partial charge on any atom is 0.282 e. The number of hydrogen-bond donors (Lipinski definition) is 0. The molecule has 0 bridgehead atoms. The number of carbonyl (C=O) groups excluding carboxylic acids is 1. The molecule has 0 saturated carbocycles. The van der Waals surface area contributed by atoms with Crippen LogP contribution in [0.4, 0.5) is 0 Å². The third-order valence-electron chi connectivity index (χ3n) is 5.23. The molecular weight excluding hydrogens is 366 g/mol. The molecule has 1 aromatic rings. The third kappa shape index (κ3) is 4.68. The average molecular weight is 396 g/mol. The summed E-state index contributed by atoms with van der Waals surface area (Å²) in [4.78, 5) is 14.4. The second-order valence-corrected chi connectivity index (χ2v) is 9.39. The molecule has 3 rings (SSSR count). The predicted octanol–water partition coefficient (Wildman–Crippen LogP) is 1.04. The Kier molecular flexibility index (Phi) is 6.20. The lowest BCUT2D eigenvalue weighted by Crippen LogP contribution is -2.57. The van der Waals surface area contributed by atoms with Crippen LogP contribution in [0.3, 0.4) is 0 Å². The van der Waals surface area contributed by atoms with Gasteiger partial charge in [-0.25, -0.2) is 0 Å². The Morgan fingerprint density at radius 1 is 1.04 bits per heavy atom. The largest absolute Gasteiger partial charge is 0.373 e. The molecular formula is C19H29N3O4S. The maximum absolute atomic E-state index is 12.9. The number of amides is 1. The molecule has 1 amide bonds. The number of carbonyl (C=O) groups is 1. The van der Waals surface area contributed by atoms with Crippen molar-refractivity contribution in [3.05, 3.63) is 35.4 Å². The molecule has 1 aromatic carbocycles. The minimum Gasteiger partial charge on any atom is -0.373 e. The van der Waals surface area contributed by atoms with Gasteiger partial charge in [0.15, 0.2) is 0 Å². The fourth-order valence-electron chi connectivity index (χ4n) is 3.73. The number of hydrogen-bond acceptors (Lipinski definition) is 4. The number of aryl methyl sites for hydroxylation is 1. The number of morpholine rings is 1. The van der Waals surface area contributed by atoms with Crippen LogP contribution in [0.25, 0.3) is 0 Å². The Bertz CT molecular complexity index is 765. The molecule has 0 aliphatic carbocycles. The molecule has 2 atom stereocenters. The third-order valence-corrected chi connectivity index (χ3v) is 7.20. The van der Waals surface area contributed by atoms with Gasteiger partial charge in [-0.1, -0.05) is 24.3 Å². The van der Waals surface area contributed by atoms with Crippen molar-refractivity contribution in [2.24, 2.45) is 0 Å². The lowest BCUT2D eigenvalue weighted by molar-refractivity contribution is -0.131. The van der Waals surface area contributed by atoms with Gasteiger partial charge < -0.3 is 9.64 Å². The summed E-state index contributed by atoms with van der Waals surface area (Å²) in [6.07, 6.45) is 0.138. The summed E-state index contributed by atoms with van der Waals surface area (Å²) in [5.41, 5.74) is 2.12. The van der Waals surface area contributed by atoms with E-state index in [-0.39, 0.29) is 18.1 Å². The zero-order chi connectivity index (χ0) is 19.6. The SMILES string of the molecule is Cc1ccccc1CC(=O)N1CCN(S(=O)(=O)N2C[C@@H](C)O[C@H](C)C2)CC1. The molecule has 0 unspecified atom stereocenters. The summed E-state index contributed by atoms with van der Waals surface area (Å²) >= 11 is 0. The Morgan fingerprint density at radius 2 is 1.63 bits per heavy atom. The van der Waals surface area contributed by atoms with Crippen molar-refractivity contribution in [3.63, 3.8) is 0 Å². The van der Waals surface area contributed by atoms with Gasteiger partial charge in [0.05, 0.1) is 18.6 Å². The Balaban J connectivity index is 1.58. The van der Waals surface area contributed by atoms with Crippen molar-refractivity contribution in [2.75, 3.05) is 39.3 Å². The van der Waals surface area contributed by atoms with E-state index >= 15 is 0 Å². The van der Waals surface area contributed by atoms with Crippen LogP contribution in [0, 0.1) is 6.92 Å². The average Bonchev–Trinajstić information content (AvgIpc) is 2.63. The fraction of sp³-hybridized carbons (Fsp3) is 0.632. The molecule has 8 heteroatoms. The van der Waals surface area contributed by atoms with Gasteiger partial charge in [0, 0.05) is 39.3 Å². The van der Waals surface area contributed by atoms with Crippen LogP contribution in [0.5, 0.6) is 0 Å². The monoisotopic (exact) mass is 395 g/mol. The van der Waals surface area contributed by atoms with E-state index in [9.17, 15) is 13.2 Å². The summed E-state index contributed by atoms with van der Waals surface area (Å²) in [5.74, 6) is 0.0509. The highest BCUT2D eigenvalue weighted by Crippen LogP contribution is 2.19. The van der Waals surface area contributed by atoms with Gasteiger partial charge in [-0.05, 0) is 31.9 Å². The van der Waals surface area contributed by atoms with Crippen LogP contribution in [0.1, 0.15) is 25.0 Å². The van der Waals surface area contributed by atoms with Crippen LogP contribution < -0.4 is 0 Å². The molecule has 0 spiro atoms. The molecule has 150 valence electrons. The van der Waals surface area contributed by atoms with E-state index in [1.54, 1.807) is 4.90 Å². The van der Waals surface area contributed by atoms with E-state index in [4.69, 9.17) is 4.74 Å². The maximum atomic E-state index is 12.9. The van der Waals surface area contributed by atoms with Crippen LogP contribution in [-0.2, 0) is 26.2 Å². The number of rotatable bonds is 4. The van der Waals surface area contributed by atoms with Crippen molar-refractivity contribution in [3.8, 4) is 0 Å². The number of benzene rings is 1. The van der Waals surface area contributed by atoms with E-state index < -0.39 is 10.2 Å². The lowest BCUT2D eigenvalue weighted by atomic mass is 10.1. The van der Waals surface area contributed by atoms with E-state index in [1.165, 1.54) is 8.61 Å². The van der Waals surface area contributed by atoms with Gasteiger partial charge in [-0.2, -0.15) is 17.0 Å². The van der Waals surface area contributed by atoms with Crippen molar-refractivity contribution in [2.45, 2.75) is 39.4 Å². The van der Waals surface area contributed by atoms with Gasteiger partial charge in [0.1, 0.15) is 0 Å². The van der Waals surface area contributed by atoms with Gasteiger partial charge in [0.25, 0.3) is 10.2 Å². The molecule has 0 aromatic heterocycles. The Morgan fingerprint density at radius 3 is 2.22 bits per heavy atom. The van der Waals surface area contributed by atoms with Crippen molar-refractivity contribution >= 4 is 16.1 Å². The molecule has 2 fully saturated rings. The first-order chi connectivity index (χ1) is 12.8. The second-order valence-electron chi connectivity index (χ2n) is 7.47. The highest BCUT2D eigenvalue weighted by molar-refractivity contribution is 7.86. The van der Waals surface area contributed by atoms with Crippen molar-refractivity contribution < 1.29 is 17.9 Å². The van der Waals surface area contributed by atoms with Gasteiger partial charge in [0.2, 0.25) is 5.91 Å². The number of nitrogens with zero attached hydrogens (tertiary/aromatic N) is 3. The van der Waals surface area contributed by atoms with Crippen LogP contribution in [0.2, 0.25) is 0 Å². The van der Waals surface area contributed by atoms with Gasteiger partial charge >= 0.3 is 0 Å². The zero-order valence-electron chi connectivity index (χ0n) is 16.3. The molecule has 2 heterocycles. The first kappa shape index (κ1) is 20.3. The molecule has 27 heavy (non-hydrogen) atoms. The topological polar surface area (TPSA) is 70.2 Å². The number of piperazine rings is 1. The Labute approximate surface area is 162 Å². The normalized spacial score (nSPS) is 25.5. The van der Waals surface area contributed by atoms with Gasteiger partial charge in [-0.15, -0.1) is 0 Å². The second kappa shape index (κ2) is 8.26. The molecule has 7 nitrogen and oxygen atoms in total. The minimum atomic E-state index is -3.52. The fourth-order valence-corrected chi connectivity index (χ4v) is 5.48. The van der Waals surface area contributed by atoms with Gasteiger partial charge in [-0.3, -0.25) is 4.79 Å². The molecule has 0 radical (unpaired) electrons. The molecule has 2 aliphatic heterocycles. The summed E-state index contributed by atoms with van der Waals surface area (Å²) in [7, 11) is -3.52. The van der Waals surface area contributed by atoms with E-state index in [1.807, 2.05) is 45.0 Å². The van der Waals surface area contributed by atoms with Crippen molar-refractivity contribution in [1.29, 1.82) is 0 Å². The zero-order valence-corrected chi connectivity index (χ0v) is 17.1. The van der Waals surface area contributed by atoms with E-state index in [2.05, 4.69) is 0 Å². The summed E-state index contributed by atoms with van der Waals surface area (Å²) in [6.45, 7) is 8.05. The number of ether oxygens (including phenoxy) is 1. The molecule has 2 saturated heterocycles. The molecule has 2 aliphatic rings. The predicted molar refractivity (Wildman–Crippen MR) is 104 cm³/mol. The highest BCUT2D eigenvalue weighted by atomic mass is 32.2. The van der Waals surface area contributed by atoms with E-state index in [0.29, 0.717) is 45.7 Å². The first-order valence-electron chi connectivity index (χ1n) is 9.50. The lowest BCUT2D eigenvalue weighted by Gasteiger charge is -2.40. The summed E-state index contributed by atoms with van der Waals surface area (Å²) < 4.78 is 34.5. The summed E-state index contributed by atoms with van der Waals surface area (Å²) in [5, 5.41) is 0. The van der Waals surface area contributed by atoms with Crippen LogP contribution in [-0.4, -0.2) is 79.3 Å². The van der Waals surface area contributed by atoms with Crippen LogP contribution in [0.15, 0.2) is 24.3 Å². The van der Waals surface area contributed by atoms with Crippen LogP contribution >= 0.6 is 0 Å². The van der Waals surface area contributed by atoms with E-state index in [0.717, 1.165) is 11.1 Å². The Hall–Kier alpha value is -1.48. The quantitative estimate of drug-likeness (QED) is 0.764. The highest BCUT2D eigenvalue weighted by Gasteiger charge is 2.37. The first-order valence-corrected chi connectivity index (χ1v) is 10.9. The molecule has 0 N–H and O–H groups in total. The minimum absolute atomic E-state index is 0.0509. The smallest absolute Gasteiger partial charge is 0.282 e. The van der Waals surface area contributed by atoms with Crippen molar-refractivity contribution in [1.82, 2.24) is 13.5 Å². The summed E-state index contributed by atoms with van der Waals surface area (Å²) in [6, 6.07) is 7.86. The standard InChI is InChI=1S/C19H29N3O4S/c1-15-6-4-5-7-18(15)12-19(23)20-8-10-21(11-9-20)27(24,25)22-13-16(2)26-17(3)14-22/h4-7,16-17H,8-14H2,1-3H3/t16-,17-/m1/s1.